The SMILES string of the molecule is COc1cccc(CN(C)C(CO)C(N)C(C)C)c1. The summed E-state index contributed by atoms with van der Waals surface area (Å²) in [5.41, 5.74) is 7.30. The number of hydrogen-bond donors (Lipinski definition) is 2. The van der Waals surface area contributed by atoms with Gasteiger partial charge in [-0.1, -0.05) is 26.0 Å². The third-order valence-electron chi connectivity index (χ3n) is 3.53. The molecule has 1 rings (SSSR count). The highest BCUT2D eigenvalue weighted by atomic mass is 16.5. The van der Waals surface area contributed by atoms with E-state index in [1.54, 1.807) is 7.11 Å². The van der Waals surface area contributed by atoms with E-state index in [1.807, 2.05) is 31.3 Å². The summed E-state index contributed by atoms with van der Waals surface area (Å²) < 4.78 is 5.22. The van der Waals surface area contributed by atoms with Crippen LogP contribution in [0.1, 0.15) is 19.4 Å². The van der Waals surface area contributed by atoms with Crippen LogP contribution < -0.4 is 10.5 Å². The van der Waals surface area contributed by atoms with Crippen molar-refractivity contribution >= 4 is 0 Å². The molecular formula is C15H26N2O2. The zero-order valence-corrected chi connectivity index (χ0v) is 12.3. The summed E-state index contributed by atoms with van der Waals surface area (Å²) in [4.78, 5) is 2.10. The summed E-state index contributed by atoms with van der Waals surface area (Å²) in [7, 11) is 3.65. The molecule has 0 aliphatic rings. The Morgan fingerprint density at radius 1 is 1.37 bits per heavy atom. The van der Waals surface area contributed by atoms with E-state index in [2.05, 4.69) is 18.7 Å². The quantitative estimate of drug-likeness (QED) is 0.784. The summed E-state index contributed by atoms with van der Waals surface area (Å²) >= 11 is 0. The molecule has 19 heavy (non-hydrogen) atoms. The van der Waals surface area contributed by atoms with Gasteiger partial charge in [0.15, 0.2) is 0 Å². The lowest BCUT2D eigenvalue weighted by molar-refractivity contribution is 0.107. The molecule has 0 saturated heterocycles. The highest BCUT2D eigenvalue weighted by Crippen LogP contribution is 2.16. The van der Waals surface area contributed by atoms with Gasteiger partial charge in [-0.25, -0.2) is 0 Å². The van der Waals surface area contributed by atoms with Gasteiger partial charge in [0.2, 0.25) is 0 Å². The minimum absolute atomic E-state index is 0.0359. The van der Waals surface area contributed by atoms with Gasteiger partial charge >= 0.3 is 0 Å². The Bertz CT molecular complexity index is 382. The van der Waals surface area contributed by atoms with E-state index in [0.29, 0.717) is 5.92 Å². The van der Waals surface area contributed by atoms with Gasteiger partial charge in [0.05, 0.1) is 13.7 Å². The van der Waals surface area contributed by atoms with E-state index in [-0.39, 0.29) is 18.7 Å². The molecule has 3 N–H and O–H groups in total. The number of nitrogens with two attached hydrogens (primary N) is 1. The first-order chi connectivity index (χ1) is 8.99. The second kappa shape index (κ2) is 7.48. The summed E-state index contributed by atoms with van der Waals surface area (Å²) in [6, 6.07) is 7.87. The lowest BCUT2D eigenvalue weighted by Crippen LogP contribution is -2.50. The normalized spacial score (nSPS) is 14.7. The van der Waals surface area contributed by atoms with E-state index in [4.69, 9.17) is 10.5 Å². The molecule has 2 atom stereocenters. The molecule has 0 bridgehead atoms. The Labute approximate surface area is 116 Å². The molecule has 0 aliphatic heterocycles. The lowest BCUT2D eigenvalue weighted by Gasteiger charge is -2.33. The van der Waals surface area contributed by atoms with E-state index in [9.17, 15) is 5.11 Å². The van der Waals surface area contributed by atoms with Crippen LogP contribution in [-0.4, -0.2) is 42.9 Å². The molecule has 4 heteroatoms. The van der Waals surface area contributed by atoms with Crippen molar-refractivity contribution in [2.75, 3.05) is 20.8 Å². The summed E-state index contributed by atoms with van der Waals surface area (Å²) in [5, 5.41) is 9.55. The zero-order valence-electron chi connectivity index (χ0n) is 12.3. The number of nitrogens with zero attached hydrogens (tertiary/aromatic N) is 1. The maximum absolute atomic E-state index is 9.55. The van der Waals surface area contributed by atoms with E-state index < -0.39 is 0 Å². The van der Waals surface area contributed by atoms with Gasteiger partial charge in [0, 0.05) is 18.6 Å². The van der Waals surface area contributed by atoms with Crippen LogP contribution in [0.15, 0.2) is 24.3 Å². The second-order valence-corrected chi connectivity index (χ2v) is 5.34. The number of likely N-dealkylation sites (N-methyl/N-ethyl adjacent to an activating group) is 1. The highest BCUT2D eigenvalue weighted by Gasteiger charge is 2.24. The Morgan fingerprint density at radius 2 is 2.05 bits per heavy atom. The van der Waals surface area contributed by atoms with Crippen LogP contribution >= 0.6 is 0 Å². The van der Waals surface area contributed by atoms with Crippen molar-refractivity contribution in [1.29, 1.82) is 0 Å². The van der Waals surface area contributed by atoms with Crippen molar-refractivity contribution < 1.29 is 9.84 Å². The van der Waals surface area contributed by atoms with Gasteiger partial charge in [0.1, 0.15) is 5.75 Å². The smallest absolute Gasteiger partial charge is 0.119 e. The van der Waals surface area contributed by atoms with Crippen molar-refractivity contribution in [3.8, 4) is 5.75 Å². The Hall–Kier alpha value is -1.10. The summed E-state index contributed by atoms with van der Waals surface area (Å²) in [5.74, 6) is 1.18. The lowest BCUT2D eigenvalue weighted by atomic mass is 9.96. The van der Waals surface area contributed by atoms with Crippen molar-refractivity contribution in [3.63, 3.8) is 0 Å². The fraction of sp³-hybridized carbons (Fsp3) is 0.600. The maximum Gasteiger partial charge on any atom is 0.119 e. The predicted octanol–water partition coefficient (Wildman–Crippen LogP) is 1.47. The first-order valence-electron chi connectivity index (χ1n) is 6.69. The number of aliphatic hydroxyl groups is 1. The fourth-order valence-corrected chi connectivity index (χ4v) is 2.18. The minimum Gasteiger partial charge on any atom is -0.497 e. The number of hydrogen-bond acceptors (Lipinski definition) is 4. The van der Waals surface area contributed by atoms with Gasteiger partial charge in [-0.3, -0.25) is 4.90 Å². The zero-order chi connectivity index (χ0) is 14.4. The third kappa shape index (κ3) is 4.49. The average Bonchev–Trinajstić information content (AvgIpc) is 2.39. The van der Waals surface area contributed by atoms with Crippen LogP contribution in [0, 0.1) is 5.92 Å². The van der Waals surface area contributed by atoms with Crippen molar-refractivity contribution in [1.82, 2.24) is 4.90 Å². The molecule has 0 amide bonds. The fourth-order valence-electron chi connectivity index (χ4n) is 2.18. The van der Waals surface area contributed by atoms with Gasteiger partial charge in [-0.15, -0.1) is 0 Å². The molecule has 0 spiro atoms. The van der Waals surface area contributed by atoms with Crippen molar-refractivity contribution in [2.24, 2.45) is 11.7 Å². The van der Waals surface area contributed by atoms with Gasteiger partial charge in [-0.2, -0.15) is 0 Å². The van der Waals surface area contributed by atoms with Crippen LogP contribution in [0.3, 0.4) is 0 Å². The van der Waals surface area contributed by atoms with Gasteiger partial charge in [-0.05, 0) is 30.7 Å². The topological polar surface area (TPSA) is 58.7 Å². The Morgan fingerprint density at radius 3 is 2.58 bits per heavy atom. The standard InChI is InChI=1S/C15H26N2O2/c1-11(2)15(16)14(10-18)17(3)9-12-6-5-7-13(8-12)19-4/h5-8,11,14-15,18H,9-10,16H2,1-4H3. The van der Waals surface area contributed by atoms with Crippen LogP contribution in [0.4, 0.5) is 0 Å². The molecule has 108 valence electrons. The molecule has 0 radical (unpaired) electrons. The van der Waals surface area contributed by atoms with Crippen molar-refractivity contribution in [3.05, 3.63) is 29.8 Å². The second-order valence-electron chi connectivity index (χ2n) is 5.34. The maximum atomic E-state index is 9.55. The molecule has 0 fully saturated rings. The number of ether oxygens (including phenoxy) is 1. The minimum atomic E-state index is -0.0411. The number of aliphatic hydroxyl groups excluding tert-OH is 1. The number of rotatable bonds is 7. The van der Waals surface area contributed by atoms with Crippen LogP contribution in [-0.2, 0) is 6.54 Å². The summed E-state index contributed by atoms with van der Waals surface area (Å²) in [6.07, 6.45) is 0. The first-order valence-corrected chi connectivity index (χ1v) is 6.69. The van der Waals surface area contributed by atoms with Crippen LogP contribution in [0.25, 0.3) is 0 Å². The molecule has 2 unspecified atom stereocenters. The summed E-state index contributed by atoms with van der Waals surface area (Å²) in [6.45, 7) is 4.96. The monoisotopic (exact) mass is 266 g/mol. The largest absolute Gasteiger partial charge is 0.497 e. The average molecular weight is 266 g/mol. The van der Waals surface area contributed by atoms with E-state index in [0.717, 1.165) is 17.9 Å². The molecule has 0 heterocycles. The van der Waals surface area contributed by atoms with Gasteiger partial charge < -0.3 is 15.6 Å². The molecule has 0 aromatic heterocycles. The third-order valence-corrected chi connectivity index (χ3v) is 3.53. The van der Waals surface area contributed by atoms with Gasteiger partial charge in [0.25, 0.3) is 0 Å². The highest BCUT2D eigenvalue weighted by molar-refractivity contribution is 5.28. The molecule has 1 aromatic rings. The molecular weight excluding hydrogens is 240 g/mol. The van der Waals surface area contributed by atoms with Crippen molar-refractivity contribution in [2.45, 2.75) is 32.5 Å². The number of methoxy groups -OCH3 is 1. The Kier molecular flexibility index (Phi) is 6.28. The van der Waals surface area contributed by atoms with E-state index >= 15 is 0 Å². The first kappa shape index (κ1) is 16.0. The van der Waals surface area contributed by atoms with E-state index in [1.165, 1.54) is 0 Å². The van der Waals surface area contributed by atoms with Crippen LogP contribution in [0.2, 0.25) is 0 Å². The molecule has 4 nitrogen and oxygen atoms in total. The molecule has 0 aliphatic carbocycles. The van der Waals surface area contributed by atoms with Crippen LogP contribution in [0.5, 0.6) is 5.75 Å². The molecule has 1 aromatic carbocycles. The Balaban J connectivity index is 2.73. The number of benzene rings is 1. The predicted molar refractivity (Wildman–Crippen MR) is 78.1 cm³/mol. The molecule has 0 saturated carbocycles.